The zero-order valence-corrected chi connectivity index (χ0v) is 20.1. The van der Waals surface area contributed by atoms with Gasteiger partial charge in [0, 0.05) is 60.3 Å². The van der Waals surface area contributed by atoms with Gasteiger partial charge in [-0.2, -0.15) is 4.31 Å². The third-order valence-electron chi connectivity index (χ3n) is 5.22. The average Bonchev–Trinajstić information content (AvgIpc) is 2.64. The Morgan fingerprint density at radius 2 is 1.77 bits per heavy atom. The van der Waals surface area contributed by atoms with Gasteiger partial charge in [0.1, 0.15) is 11.6 Å². The lowest BCUT2D eigenvalue weighted by molar-refractivity contribution is 0.386. The van der Waals surface area contributed by atoms with Crippen molar-refractivity contribution in [3.63, 3.8) is 0 Å². The van der Waals surface area contributed by atoms with E-state index in [-0.39, 0.29) is 0 Å². The molecule has 6 nitrogen and oxygen atoms in total. The lowest BCUT2D eigenvalue weighted by Crippen LogP contribution is -2.49. The van der Waals surface area contributed by atoms with E-state index < -0.39 is 10.0 Å². The van der Waals surface area contributed by atoms with Crippen LogP contribution in [0.2, 0.25) is 10.0 Å². The number of sulfonamides is 1. The zero-order valence-electron chi connectivity index (χ0n) is 17.8. The normalized spacial score (nSPS) is 15.8. The quantitative estimate of drug-likeness (QED) is 0.638. The second-order valence-electron chi connectivity index (χ2n) is 8.19. The van der Waals surface area contributed by atoms with Crippen molar-refractivity contribution in [1.29, 1.82) is 0 Å². The molecule has 0 bridgehead atoms. The fourth-order valence-corrected chi connectivity index (χ4v) is 4.95. The van der Waals surface area contributed by atoms with E-state index in [2.05, 4.69) is 18.7 Å². The van der Waals surface area contributed by atoms with Crippen molar-refractivity contribution in [2.45, 2.75) is 33.6 Å². The van der Waals surface area contributed by atoms with Gasteiger partial charge in [-0.05, 0) is 30.5 Å². The largest absolute Gasteiger partial charge is 0.354 e. The van der Waals surface area contributed by atoms with Crippen LogP contribution in [0, 0.1) is 12.8 Å². The van der Waals surface area contributed by atoms with Gasteiger partial charge >= 0.3 is 0 Å². The van der Waals surface area contributed by atoms with E-state index in [1.165, 1.54) is 10.6 Å². The maximum atomic E-state index is 11.9. The summed E-state index contributed by atoms with van der Waals surface area (Å²) >= 11 is 12.5. The molecule has 0 spiro atoms. The van der Waals surface area contributed by atoms with Crippen LogP contribution in [0.3, 0.4) is 0 Å². The van der Waals surface area contributed by atoms with Crippen molar-refractivity contribution in [1.82, 2.24) is 14.3 Å². The van der Waals surface area contributed by atoms with Crippen molar-refractivity contribution in [2.75, 3.05) is 37.3 Å². The summed E-state index contributed by atoms with van der Waals surface area (Å²) in [4.78, 5) is 11.8. The first-order valence-electron chi connectivity index (χ1n) is 10.0. The van der Waals surface area contributed by atoms with Gasteiger partial charge in [-0.1, -0.05) is 43.1 Å². The SMILES string of the molecule is Cc1nc(CC(C)C)nc(N2CCN(S(C)(=O)=O)CC2)c1Cc1ccc(Cl)cc1Cl. The summed E-state index contributed by atoms with van der Waals surface area (Å²) < 4.78 is 25.3. The molecule has 0 amide bonds. The second-order valence-corrected chi connectivity index (χ2v) is 11.0. The molecule has 1 aliphatic heterocycles. The molecule has 2 aromatic rings. The van der Waals surface area contributed by atoms with Gasteiger partial charge in [-0.25, -0.2) is 18.4 Å². The first kappa shape index (κ1) is 23.3. The standard InChI is InChI=1S/C21H28Cl2N4O2S/c1-14(2)11-20-24-15(3)18(12-16-5-6-17(22)13-19(16)23)21(25-20)26-7-9-27(10-8-26)30(4,28)29/h5-6,13-14H,7-12H2,1-4H3. The number of halogens is 2. The lowest BCUT2D eigenvalue weighted by atomic mass is 10.0. The van der Waals surface area contributed by atoms with Gasteiger partial charge in [-0.3, -0.25) is 0 Å². The lowest BCUT2D eigenvalue weighted by Gasteiger charge is -2.35. The number of hydrogen-bond donors (Lipinski definition) is 0. The molecule has 2 heterocycles. The number of aryl methyl sites for hydroxylation is 1. The van der Waals surface area contributed by atoms with Crippen LogP contribution in [0.5, 0.6) is 0 Å². The maximum Gasteiger partial charge on any atom is 0.211 e. The van der Waals surface area contributed by atoms with E-state index >= 15 is 0 Å². The second kappa shape index (κ2) is 9.39. The van der Waals surface area contributed by atoms with E-state index in [1.54, 1.807) is 6.07 Å². The summed E-state index contributed by atoms with van der Waals surface area (Å²) in [7, 11) is -3.19. The van der Waals surface area contributed by atoms with E-state index in [4.69, 9.17) is 33.2 Å². The summed E-state index contributed by atoms with van der Waals surface area (Å²) in [5.74, 6) is 2.13. The van der Waals surface area contributed by atoms with Crippen molar-refractivity contribution in [3.8, 4) is 0 Å². The summed E-state index contributed by atoms with van der Waals surface area (Å²) in [6.07, 6.45) is 2.64. The Labute approximate surface area is 189 Å². The minimum atomic E-state index is -3.19. The minimum Gasteiger partial charge on any atom is -0.354 e. The van der Waals surface area contributed by atoms with Crippen LogP contribution in [-0.2, 0) is 22.9 Å². The summed E-state index contributed by atoms with van der Waals surface area (Å²) in [5, 5.41) is 1.21. The van der Waals surface area contributed by atoms with E-state index in [0.717, 1.165) is 34.9 Å². The van der Waals surface area contributed by atoms with Crippen molar-refractivity contribution < 1.29 is 8.42 Å². The number of hydrogen-bond acceptors (Lipinski definition) is 5. The molecule has 9 heteroatoms. The molecule has 1 saturated heterocycles. The third-order valence-corrected chi connectivity index (χ3v) is 7.11. The zero-order chi connectivity index (χ0) is 22.1. The molecule has 1 aromatic heterocycles. The Hall–Kier alpha value is -1.41. The number of aromatic nitrogens is 2. The number of nitrogens with zero attached hydrogens (tertiary/aromatic N) is 4. The van der Waals surface area contributed by atoms with Gasteiger partial charge in [0.2, 0.25) is 10.0 Å². The van der Waals surface area contributed by atoms with E-state index in [9.17, 15) is 8.42 Å². The number of anilines is 1. The van der Waals surface area contributed by atoms with Crippen LogP contribution >= 0.6 is 23.2 Å². The van der Waals surface area contributed by atoms with Crippen molar-refractivity contribution in [2.24, 2.45) is 5.92 Å². The highest BCUT2D eigenvalue weighted by Gasteiger charge is 2.27. The molecule has 1 fully saturated rings. The molecule has 1 aliphatic rings. The molecule has 0 saturated carbocycles. The molecular formula is C21H28Cl2N4O2S. The van der Waals surface area contributed by atoms with Gasteiger partial charge in [-0.15, -0.1) is 0 Å². The average molecular weight is 471 g/mol. The monoisotopic (exact) mass is 470 g/mol. The molecule has 30 heavy (non-hydrogen) atoms. The molecular weight excluding hydrogens is 443 g/mol. The van der Waals surface area contributed by atoms with Gasteiger partial charge in [0.15, 0.2) is 0 Å². The topological polar surface area (TPSA) is 66.4 Å². The smallest absolute Gasteiger partial charge is 0.211 e. The van der Waals surface area contributed by atoms with Crippen LogP contribution in [0.4, 0.5) is 5.82 Å². The third kappa shape index (κ3) is 5.63. The molecule has 0 aliphatic carbocycles. The summed E-state index contributed by atoms with van der Waals surface area (Å²) in [6.45, 7) is 8.36. The summed E-state index contributed by atoms with van der Waals surface area (Å²) in [6, 6.07) is 5.50. The van der Waals surface area contributed by atoms with Gasteiger partial charge < -0.3 is 4.90 Å². The van der Waals surface area contributed by atoms with Crippen LogP contribution in [0.15, 0.2) is 18.2 Å². The first-order valence-corrected chi connectivity index (χ1v) is 12.7. The Morgan fingerprint density at radius 3 is 2.33 bits per heavy atom. The van der Waals surface area contributed by atoms with Crippen LogP contribution in [-0.4, -0.2) is 55.1 Å². The van der Waals surface area contributed by atoms with E-state index in [0.29, 0.717) is 48.6 Å². The molecule has 164 valence electrons. The maximum absolute atomic E-state index is 11.9. The number of rotatable bonds is 6. The molecule has 3 rings (SSSR count). The summed E-state index contributed by atoms with van der Waals surface area (Å²) in [5.41, 5.74) is 2.90. The van der Waals surface area contributed by atoms with Crippen molar-refractivity contribution >= 4 is 39.0 Å². The minimum absolute atomic E-state index is 0.441. The fourth-order valence-electron chi connectivity index (χ4n) is 3.65. The predicted molar refractivity (Wildman–Crippen MR) is 123 cm³/mol. The predicted octanol–water partition coefficient (Wildman–Crippen LogP) is 3.96. The first-order chi connectivity index (χ1) is 14.0. The van der Waals surface area contributed by atoms with Crippen molar-refractivity contribution in [3.05, 3.63) is 50.9 Å². The Morgan fingerprint density at radius 1 is 1.10 bits per heavy atom. The Balaban J connectivity index is 1.97. The molecule has 0 N–H and O–H groups in total. The Kier molecular flexibility index (Phi) is 7.28. The van der Waals surface area contributed by atoms with Crippen LogP contribution < -0.4 is 4.90 Å². The highest BCUT2D eigenvalue weighted by molar-refractivity contribution is 7.88. The fraction of sp³-hybridized carbons (Fsp3) is 0.524. The van der Waals surface area contributed by atoms with Gasteiger partial charge in [0.25, 0.3) is 0 Å². The molecule has 0 atom stereocenters. The number of benzene rings is 1. The van der Waals surface area contributed by atoms with Crippen LogP contribution in [0.25, 0.3) is 0 Å². The van der Waals surface area contributed by atoms with Crippen LogP contribution in [0.1, 0.15) is 36.5 Å². The van der Waals surface area contributed by atoms with Gasteiger partial charge in [0.05, 0.1) is 6.26 Å². The Bertz CT molecular complexity index is 1020. The van der Waals surface area contributed by atoms with E-state index in [1.807, 2.05) is 19.1 Å². The highest BCUT2D eigenvalue weighted by Crippen LogP contribution is 2.29. The molecule has 0 unspecified atom stereocenters. The highest BCUT2D eigenvalue weighted by atomic mass is 35.5. The number of piperazine rings is 1. The molecule has 0 radical (unpaired) electrons. The molecule has 1 aromatic carbocycles.